The Morgan fingerprint density at radius 2 is 2.25 bits per heavy atom. The maximum atomic E-state index is 6.29. The Morgan fingerprint density at radius 3 is 2.85 bits per heavy atom. The highest BCUT2D eigenvalue weighted by molar-refractivity contribution is 6.32. The van der Waals surface area contributed by atoms with Gasteiger partial charge in [-0.15, -0.1) is 0 Å². The van der Waals surface area contributed by atoms with Crippen molar-refractivity contribution in [2.75, 3.05) is 19.5 Å². The predicted molar refractivity (Wildman–Crippen MR) is 76.1 cm³/mol. The summed E-state index contributed by atoms with van der Waals surface area (Å²) in [4.78, 5) is 0. The first-order chi connectivity index (χ1) is 9.69. The summed E-state index contributed by atoms with van der Waals surface area (Å²) in [5, 5.41) is 4.14. The van der Waals surface area contributed by atoms with Gasteiger partial charge in [0.1, 0.15) is 0 Å². The maximum absolute atomic E-state index is 6.29. The molecule has 1 aromatic carbocycles. The van der Waals surface area contributed by atoms with E-state index in [-0.39, 0.29) is 5.88 Å². The second-order valence-electron chi connectivity index (χ2n) is 4.85. The van der Waals surface area contributed by atoms with Gasteiger partial charge in [0.2, 0.25) is 5.88 Å². The van der Waals surface area contributed by atoms with Crippen molar-refractivity contribution in [3.8, 4) is 22.6 Å². The topological polar surface area (TPSA) is 70.5 Å². The highest BCUT2D eigenvalue weighted by atomic mass is 35.5. The lowest BCUT2D eigenvalue weighted by Gasteiger charge is -2.13. The van der Waals surface area contributed by atoms with Gasteiger partial charge in [0.25, 0.3) is 0 Å². The van der Waals surface area contributed by atoms with E-state index >= 15 is 0 Å². The molecular formula is C14H15ClN2O3. The Labute approximate surface area is 121 Å². The van der Waals surface area contributed by atoms with Crippen molar-refractivity contribution >= 4 is 17.5 Å². The lowest BCUT2D eigenvalue weighted by Crippen LogP contribution is -2.01. The number of benzene rings is 1. The summed E-state index contributed by atoms with van der Waals surface area (Å²) in [5.74, 6) is 2.03. The average molecular weight is 295 g/mol. The largest absolute Gasteiger partial charge is 0.493 e. The molecule has 2 aromatic rings. The van der Waals surface area contributed by atoms with E-state index in [0.717, 1.165) is 5.56 Å². The van der Waals surface area contributed by atoms with Crippen LogP contribution in [0.3, 0.4) is 0 Å². The number of nitrogen functional groups attached to an aromatic ring is 1. The molecule has 1 fully saturated rings. The van der Waals surface area contributed by atoms with Crippen LogP contribution in [0.4, 0.5) is 5.88 Å². The van der Waals surface area contributed by atoms with Crippen LogP contribution in [0, 0.1) is 5.92 Å². The van der Waals surface area contributed by atoms with E-state index in [1.54, 1.807) is 19.4 Å². The molecule has 1 saturated carbocycles. The number of methoxy groups -OCH3 is 1. The van der Waals surface area contributed by atoms with Crippen molar-refractivity contribution in [2.24, 2.45) is 5.92 Å². The van der Waals surface area contributed by atoms with E-state index in [0.29, 0.717) is 34.6 Å². The fraction of sp³-hybridized carbons (Fsp3) is 0.357. The zero-order chi connectivity index (χ0) is 14.1. The lowest BCUT2D eigenvalue weighted by molar-refractivity contribution is 0.280. The minimum absolute atomic E-state index is 0.245. The number of ether oxygens (including phenoxy) is 2. The monoisotopic (exact) mass is 294 g/mol. The van der Waals surface area contributed by atoms with Crippen LogP contribution < -0.4 is 15.2 Å². The second-order valence-corrected chi connectivity index (χ2v) is 5.25. The molecule has 1 aromatic heterocycles. The van der Waals surface area contributed by atoms with Crippen molar-refractivity contribution in [3.63, 3.8) is 0 Å². The molecule has 6 heteroatoms. The molecule has 0 spiro atoms. The number of rotatable bonds is 5. The molecular weight excluding hydrogens is 280 g/mol. The first-order valence-electron chi connectivity index (χ1n) is 6.40. The van der Waals surface area contributed by atoms with E-state index in [1.807, 2.05) is 6.07 Å². The van der Waals surface area contributed by atoms with Crippen LogP contribution in [0.5, 0.6) is 11.5 Å². The van der Waals surface area contributed by atoms with Gasteiger partial charge in [0.15, 0.2) is 11.5 Å². The van der Waals surface area contributed by atoms with Crippen LogP contribution in [0.1, 0.15) is 12.8 Å². The summed E-state index contributed by atoms with van der Waals surface area (Å²) >= 11 is 6.29. The smallest absolute Gasteiger partial charge is 0.229 e. The highest BCUT2D eigenvalue weighted by Crippen LogP contribution is 2.41. The quantitative estimate of drug-likeness (QED) is 0.915. The zero-order valence-corrected chi connectivity index (χ0v) is 11.8. The molecule has 3 rings (SSSR count). The summed E-state index contributed by atoms with van der Waals surface area (Å²) in [6.45, 7) is 0.671. The lowest BCUT2D eigenvalue weighted by atomic mass is 10.1. The van der Waals surface area contributed by atoms with E-state index in [9.17, 15) is 0 Å². The molecule has 0 unspecified atom stereocenters. The van der Waals surface area contributed by atoms with Crippen molar-refractivity contribution < 1.29 is 14.0 Å². The Bertz CT molecular complexity index is 623. The van der Waals surface area contributed by atoms with Crippen LogP contribution in [-0.4, -0.2) is 18.9 Å². The van der Waals surface area contributed by atoms with Crippen molar-refractivity contribution in [1.29, 1.82) is 0 Å². The van der Waals surface area contributed by atoms with Gasteiger partial charge < -0.3 is 19.7 Å². The number of nitrogens with two attached hydrogens (primary N) is 1. The van der Waals surface area contributed by atoms with Gasteiger partial charge in [-0.1, -0.05) is 16.8 Å². The molecule has 0 atom stereocenters. The molecule has 0 bridgehead atoms. The summed E-state index contributed by atoms with van der Waals surface area (Å²) in [5.41, 5.74) is 7.18. The summed E-state index contributed by atoms with van der Waals surface area (Å²) in [6.07, 6.45) is 3.98. The summed E-state index contributed by atoms with van der Waals surface area (Å²) in [6, 6.07) is 3.59. The molecule has 5 nitrogen and oxygen atoms in total. The number of anilines is 1. The Balaban J connectivity index is 1.94. The normalized spacial score (nSPS) is 14.3. The molecule has 0 aliphatic heterocycles. The third kappa shape index (κ3) is 2.54. The van der Waals surface area contributed by atoms with Gasteiger partial charge in [-0.05, 0) is 36.5 Å². The van der Waals surface area contributed by atoms with Crippen LogP contribution in [-0.2, 0) is 0 Å². The van der Waals surface area contributed by atoms with E-state index in [4.69, 9.17) is 31.3 Å². The standard InChI is InChI=1S/C14H15ClN2O3/c1-18-12-5-9(10-6-17-20-14(10)16)4-11(15)13(12)19-7-8-2-3-8/h4-6,8H,2-3,7,16H2,1H3. The van der Waals surface area contributed by atoms with Crippen LogP contribution in [0.2, 0.25) is 5.02 Å². The predicted octanol–water partition coefficient (Wildman–Crippen LogP) is 3.37. The fourth-order valence-electron chi connectivity index (χ4n) is 1.97. The molecule has 0 saturated heterocycles. The number of aromatic nitrogens is 1. The Hall–Kier alpha value is -1.88. The van der Waals surface area contributed by atoms with Gasteiger partial charge in [-0.3, -0.25) is 0 Å². The number of halogens is 1. The molecule has 0 amide bonds. The summed E-state index contributed by atoms with van der Waals surface area (Å²) < 4.78 is 16.0. The van der Waals surface area contributed by atoms with Crippen LogP contribution >= 0.6 is 11.6 Å². The minimum Gasteiger partial charge on any atom is -0.493 e. The number of hydrogen-bond donors (Lipinski definition) is 1. The Morgan fingerprint density at radius 1 is 1.45 bits per heavy atom. The molecule has 1 aliphatic rings. The van der Waals surface area contributed by atoms with Crippen LogP contribution in [0.15, 0.2) is 22.9 Å². The third-order valence-electron chi connectivity index (χ3n) is 3.30. The van der Waals surface area contributed by atoms with E-state index in [1.165, 1.54) is 12.8 Å². The van der Waals surface area contributed by atoms with Gasteiger partial charge in [0, 0.05) is 0 Å². The molecule has 0 radical (unpaired) electrons. The van der Waals surface area contributed by atoms with Gasteiger partial charge in [0.05, 0.1) is 30.5 Å². The number of hydrogen-bond acceptors (Lipinski definition) is 5. The van der Waals surface area contributed by atoms with E-state index < -0.39 is 0 Å². The molecule has 20 heavy (non-hydrogen) atoms. The maximum Gasteiger partial charge on any atom is 0.229 e. The molecule has 1 aliphatic carbocycles. The van der Waals surface area contributed by atoms with Gasteiger partial charge in [-0.2, -0.15) is 0 Å². The first kappa shape index (κ1) is 13.1. The van der Waals surface area contributed by atoms with Crippen molar-refractivity contribution in [2.45, 2.75) is 12.8 Å². The Kier molecular flexibility index (Phi) is 3.44. The second kappa shape index (κ2) is 5.25. The SMILES string of the molecule is COc1cc(-c2cnoc2N)cc(Cl)c1OCC1CC1. The zero-order valence-electron chi connectivity index (χ0n) is 11.1. The minimum atomic E-state index is 0.245. The fourth-order valence-corrected chi connectivity index (χ4v) is 2.23. The third-order valence-corrected chi connectivity index (χ3v) is 3.58. The van der Waals surface area contributed by atoms with Gasteiger partial charge >= 0.3 is 0 Å². The van der Waals surface area contributed by atoms with Crippen LogP contribution in [0.25, 0.3) is 11.1 Å². The first-order valence-corrected chi connectivity index (χ1v) is 6.77. The number of nitrogens with zero attached hydrogens (tertiary/aromatic N) is 1. The molecule has 2 N–H and O–H groups in total. The average Bonchev–Trinajstić information content (AvgIpc) is 3.17. The molecule has 1 heterocycles. The molecule has 106 valence electrons. The highest BCUT2D eigenvalue weighted by Gasteiger charge is 2.24. The van der Waals surface area contributed by atoms with E-state index in [2.05, 4.69) is 5.16 Å². The van der Waals surface area contributed by atoms with Crippen molar-refractivity contribution in [1.82, 2.24) is 5.16 Å². The van der Waals surface area contributed by atoms with Gasteiger partial charge in [-0.25, -0.2) is 0 Å². The summed E-state index contributed by atoms with van der Waals surface area (Å²) in [7, 11) is 1.58. The van der Waals surface area contributed by atoms with Crippen molar-refractivity contribution in [3.05, 3.63) is 23.4 Å².